The summed E-state index contributed by atoms with van der Waals surface area (Å²) in [6.45, 7) is 1.13. The molecular formula is C13H13BrFN3O2. The van der Waals surface area contributed by atoms with Gasteiger partial charge in [0.15, 0.2) is 5.82 Å². The van der Waals surface area contributed by atoms with Gasteiger partial charge in [0.2, 0.25) is 0 Å². The number of nitriles is 1. The molecule has 1 amide bonds. The number of carbonyl (C=O) groups is 1. The van der Waals surface area contributed by atoms with Crippen molar-refractivity contribution in [3.63, 3.8) is 0 Å². The number of benzene rings is 1. The molecule has 1 aliphatic rings. The van der Waals surface area contributed by atoms with Gasteiger partial charge in [-0.05, 0) is 34.5 Å². The number of nitrogens with zero attached hydrogens (tertiary/aromatic N) is 2. The fourth-order valence-electron chi connectivity index (χ4n) is 2.19. The number of halogens is 2. The second-order valence-corrected chi connectivity index (χ2v) is 5.23. The molecule has 0 saturated carbocycles. The van der Waals surface area contributed by atoms with E-state index in [0.717, 1.165) is 0 Å². The minimum absolute atomic E-state index is 0.0729. The van der Waals surface area contributed by atoms with Crippen LogP contribution >= 0.6 is 15.9 Å². The van der Waals surface area contributed by atoms with Gasteiger partial charge in [-0.25, -0.2) is 9.18 Å². The maximum atomic E-state index is 14.2. The lowest BCUT2D eigenvalue weighted by molar-refractivity contribution is 0.167. The Morgan fingerprint density at radius 1 is 1.65 bits per heavy atom. The molecule has 1 N–H and O–H groups in total. The van der Waals surface area contributed by atoms with Gasteiger partial charge >= 0.3 is 6.09 Å². The Labute approximate surface area is 124 Å². The van der Waals surface area contributed by atoms with Crippen molar-refractivity contribution in [3.8, 4) is 6.07 Å². The van der Waals surface area contributed by atoms with E-state index < -0.39 is 11.9 Å². The van der Waals surface area contributed by atoms with E-state index in [1.54, 1.807) is 12.1 Å². The number of hydrogen-bond acceptors (Lipinski definition) is 4. The fraction of sp³-hybridized carbons (Fsp3) is 0.385. The standard InChI is InChI=1S/C13H13BrFN3O2/c1-20-13(19)17-9-4-5-18(7-9)10-3-2-8(6-16)11(14)12(10)15/h2-3,9H,4-5,7H2,1H3,(H,17,19). The molecule has 0 aromatic heterocycles. The molecule has 2 rings (SSSR count). The number of nitrogens with one attached hydrogen (secondary N) is 1. The number of anilines is 1. The lowest BCUT2D eigenvalue weighted by atomic mass is 10.2. The summed E-state index contributed by atoms with van der Waals surface area (Å²) in [7, 11) is 1.31. The highest BCUT2D eigenvalue weighted by atomic mass is 79.9. The maximum Gasteiger partial charge on any atom is 0.407 e. The Morgan fingerprint density at radius 2 is 2.40 bits per heavy atom. The van der Waals surface area contributed by atoms with Crippen molar-refractivity contribution >= 4 is 27.7 Å². The third kappa shape index (κ3) is 2.85. The zero-order valence-electron chi connectivity index (χ0n) is 10.8. The lowest BCUT2D eigenvalue weighted by Gasteiger charge is -2.20. The van der Waals surface area contributed by atoms with Crippen LogP contribution in [-0.4, -0.2) is 32.3 Å². The highest BCUT2D eigenvalue weighted by Crippen LogP contribution is 2.31. The number of ether oxygens (including phenoxy) is 1. The van der Waals surface area contributed by atoms with E-state index in [1.165, 1.54) is 7.11 Å². The maximum absolute atomic E-state index is 14.2. The molecule has 1 fully saturated rings. The van der Waals surface area contributed by atoms with Gasteiger partial charge in [0.25, 0.3) is 0 Å². The Bertz CT molecular complexity index is 573. The summed E-state index contributed by atoms with van der Waals surface area (Å²) in [6, 6.07) is 5.00. The molecule has 106 valence electrons. The summed E-state index contributed by atoms with van der Waals surface area (Å²) in [5.41, 5.74) is 0.680. The second kappa shape index (κ2) is 6.09. The van der Waals surface area contributed by atoms with Gasteiger partial charge in [0, 0.05) is 13.1 Å². The number of carbonyl (C=O) groups excluding carboxylic acids is 1. The molecule has 1 aromatic rings. The average molecular weight is 342 g/mol. The van der Waals surface area contributed by atoms with Crippen LogP contribution in [0.4, 0.5) is 14.9 Å². The van der Waals surface area contributed by atoms with Crippen molar-refractivity contribution in [1.29, 1.82) is 5.26 Å². The molecule has 1 aliphatic heterocycles. The first kappa shape index (κ1) is 14.6. The van der Waals surface area contributed by atoms with Gasteiger partial charge < -0.3 is 15.0 Å². The summed E-state index contributed by atoms with van der Waals surface area (Å²) in [5, 5.41) is 11.5. The van der Waals surface area contributed by atoms with Gasteiger partial charge in [-0.1, -0.05) is 0 Å². The third-order valence-electron chi connectivity index (χ3n) is 3.22. The summed E-state index contributed by atoms with van der Waals surface area (Å²) >= 11 is 3.09. The number of rotatable bonds is 2. The van der Waals surface area contributed by atoms with E-state index in [1.807, 2.05) is 11.0 Å². The van der Waals surface area contributed by atoms with Crippen molar-refractivity contribution < 1.29 is 13.9 Å². The molecule has 20 heavy (non-hydrogen) atoms. The molecule has 1 aromatic carbocycles. The zero-order valence-corrected chi connectivity index (χ0v) is 12.4. The van der Waals surface area contributed by atoms with E-state index in [-0.39, 0.29) is 16.1 Å². The summed E-state index contributed by atoms with van der Waals surface area (Å²) in [4.78, 5) is 13.0. The van der Waals surface area contributed by atoms with Crippen molar-refractivity contribution in [2.75, 3.05) is 25.1 Å². The molecule has 1 atom stereocenters. The molecule has 0 radical (unpaired) electrons. The SMILES string of the molecule is COC(=O)NC1CCN(c2ccc(C#N)c(Br)c2F)C1. The van der Waals surface area contributed by atoms with Gasteiger partial charge in [0.05, 0.1) is 28.9 Å². The zero-order chi connectivity index (χ0) is 14.7. The third-order valence-corrected chi connectivity index (χ3v) is 3.99. The van der Waals surface area contributed by atoms with Crippen LogP contribution in [0.3, 0.4) is 0 Å². The summed E-state index contributed by atoms with van der Waals surface area (Å²) in [6.07, 6.45) is 0.227. The molecule has 0 spiro atoms. The van der Waals surface area contributed by atoms with Crippen LogP contribution in [0.25, 0.3) is 0 Å². The predicted octanol–water partition coefficient (Wildman–Crippen LogP) is 2.39. The van der Waals surface area contributed by atoms with Crippen LogP contribution < -0.4 is 10.2 Å². The highest BCUT2D eigenvalue weighted by Gasteiger charge is 2.27. The van der Waals surface area contributed by atoms with Gasteiger partial charge in [-0.2, -0.15) is 5.26 Å². The van der Waals surface area contributed by atoms with Crippen LogP contribution in [0.1, 0.15) is 12.0 Å². The van der Waals surface area contributed by atoms with Crippen molar-refractivity contribution in [2.45, 2.75) is 12.5 Å². The van der Waals surface area contributed by atoms with Crippen molar-refractivity contribution in [1.82, 2.24) is 5.32 Å². The van der Waals surface area contributed by atoms with Gasteiger partial charge in [-0.15, -0.1) is 0 Å². The topological polar surface area (TPSA) is 65.4 Å². The summed E-state index contributed by atoms with van der Waals surface area (Å²) in [5.74, 6) is -0.456. The molecular weight excluding hydrogens is 329 g/mol. The van der Waals surface area contributed by atoms with E-state index in [0.29, 0.717) is 25.2 Å². The number of hydrogen-bond donors (Lipinski definition) is 1. The van der Waals surface area contributed by atoms with Crippen molar-refractivity contribution in [2.24, 2.45) is 0 Å². The van der Waals surface area contributed by atoms with E-state index in [9.17, 15) is 9.18 Å². The van der Waals surface area contributed by atoms with Gasteiger partial charge in [-0.3, -0.25) is 0 Å². The van der Waals surface area contributed by atoms with E-state index in [2.05, 4.69) is 26.0 Å². The predicted molar refractivity (Wildman–Crippen MR) is 75.0 cm³/mol. The molecule has 1 heterocycles. The van der Waals surface area contributed by atoms with Crippen molar-refractivity contribution in [3.05, 3.63) is 28.0 Å². The quantitative estimate of drug-likeness (QED) is 0.896. The van der Waals surface area contributed by atoms with Crippen LogP contribution in [0.2, 0.25) is 0 Å². The fourth-order valence-corrected chi connectivity index (χ4v) is 2.62. The second-order valence-electron chi connectivity index (χ2n) is 4.44. The Morgan fingerprint density at radius 3 is 3.05 bits per heavy atom. The normalized spacial score (nSPS) is 17.7. The Balaban J connectivity index is 2.13. The first-order chi connectivity index (χ1) is 9.56. The van der Waals surface area contributed by atoms with Crippen LogP contribution in [-0.2, 0) is 4.74 Å². The molecule has 0 bridgehead atoms. The van der Waals surface area contributed by atoms with Crippen LogP contribution in [0.15, 0.2) is 16.6 Å². The average Bonchev–Trinajstić information content (AvgIpc) is 2.89. The molecule has 1 unspecified atom stereocenters. The van der Waals surface area contributed by atoms with Gasteiger partial charge in [0.1, 0.15) is 6.07 Å². The molecule has 1 saturated heterocycles. The van der Waals surface area contributed by atoms with E-state index >= 15 is 0 Å². The largest absolute Gasteiger partial charge is 0.453 e. The smallest absolute Gasteiger partial charge is 0.407 e. The minimum Gasteiger partial charge on any atom is -0.453 e. The van der Waals surface area contributed by atoms with E-state index in [4.69, 9.17) is 5.26 Å². The Kier molecular flexibility index (Phi) is 4.45. The molecule has 7 heteroatoms. The van der Waals surface area contributed by atoms with Crippen LogP contribution in [0.5, 0.6) is 0 Å². The minimum atomic E-state index is -0.488. The van der Waals surface area contributed by atoms with Crippen LogP contribution in [0, 0.1) is 17.1 Å². The molecule has 5 nitrogen and oxygen atoms in total. The lowest BCUT2D eigenvalue weighted by Crippen LogP contribution is -2.37. The summed E-state index contributed by atoms with van der Waals surface area (Å²) < 4.78 is 18.9. The number of amides is 1. The molecule has 0 aliphatic carbocycles. The highest BCUT2D eigenvalue weighted by molar-refractivity contribution is 9.10. The number of methoxy groups -OCH3 is 1. The monoisotopic (exact) mass is 341 g/mol. The first-order valence-corrected chi connectivity index (χ1v) is 6.83. The Hall–Kier alpha value is -1.81. The number of alkyl carbamates (subject to hydrolysis) is 1. The first-order valence-electron chi connectivity index (χ1n) is 6.04.